The van der Waals surface area contributed by atoms with Crippen molar-refractivity contribution in [2.75, 3.05) is 6.54 Å². The molecule has 0 saturated heterocycles. The maximum atomic E-state index is 12.2. The minimum absolute atomic E-state index is 0.0157. The van der Waals surface area contributed by atoms with Crippen LogP contribution >= 0.6 is 0 Å². The molecule has 6 heteroatoms. The Morgan fingerprint density at radius 1 is 0.923 bits per heavy atom. The number of nitrogens with one attached hydrogen (secondary N) is 1. The summed E-state index contributed by atoms with van der Waals surface area (Å²) in [6, 6.07) is 17.3. The van der Waals surface area contributed by atoms with Gasteiger partial charge in [0.05, 0.1) is 5.75 Å². The van der Waals surface area contributed by atoms with Crippen molar-refractivity contribution in [1.29, 1.82) is 0 Å². The molecule has 26 heavy (non-hydrogen) atoms. The smallest absolute Gasteiger partial charge is 0.215 e. The van der Waals surface area contributed by atoms with Gasteiger partial charge in [0.1, 0.15) is 0 Å². The van der Waals surface area contributed by atoms with Crippen LogP contribution < -0.4 is 4.72 Å². The Morgan fingerprint density at radius 3 is 2.35 bits per heavy atom. The van der Waals surface area contributed by atoms with E-state index in [1.165, 1.54) is 0 Å². The third-order valence-electron chi connectivity index (χ3n) is 3.91. The van der Waals surface area contributed by atoms with Gasteiger partial charge < -0.3 is 0 Å². The van der Waals surface area contributed by atoms with E-state index in [9.17, 15) is 8.42 Å². The van der Waals surface area contributed by atoms with Crippen molar-refractivity contribution >= 4 is 10.0 Å². The van der Waals surface area contributed by atoms with Crippen molar-refractivity contribution in [3.63, 3.8) is 0 Å². The van der Waals surface area contributed by atoms with Crippen molar-refractivity contribution in [2.24, 2.45) is 0 Å². The number of aromatic nitrogens is 2. The fourth-order valence-electron chi connectivity index (χ4n) is 2.64. The molecule has 1 heterocycles. The summed E-state index contributed by atoms with van der Waals surface area (Å²) in [4.78, 5) is 8.71. The van der Waals surface area contributed by atoms with E-state index in [1.807, 2.05) is 61.5 Å². The van der Waals surface area contributed by atoms with Crippen LogP contribution in [0.3, 0.4) is 0 Å². The SMILES string of the molecule is Cc1cccc(CS(=O)(=O)NCCc2cnc(-c3ccccc3)nc2)c1. The molecule has 0 radical (unpaired) electrons. The molecule has 0 fully saturated rings. The fraction of sp³-hybridized carbons (Fsp3) is 0.200. The lowest BCUT2D eigenvalue weighted by Crippen LogP contribution is -2.27. The van der Waals surface area contributed by atoms with Gasteiger partial charge >= 0.3 is 0 Å². The van der Waals surface area contributed by atoms with Crippen LogP contribution in [0, 0.1) is 6.92 Å². The lowest BCUT2D eigenvalue weighted by molar-refractivity contribution is 0.580. The Hall–Kier alpha value is -2.57. The molecular weight excluding hydrogens is 346 g/mol. The van der Waals surface area contributed by atoms with Crippen LogP contribution in [-0.2, 0) is 22.2 Å². The zero-order chi connectivity index (χ0) is 18.4. The Balaban J connectivity index is 1.54. The summed E-state index contributed by atoms with van der Waals surface area (Å²) < 4.78 is 27.0. The van der Waals surface area contributed by atoms with Crippen molar-refractivity contribution in [3.05, 3.63) is 83.7 Å². The number of benzene rings is 2. The topological polar surface area (TPSA) is 72.0 Å². The Labute approximate surface area is 154 Å². The Kier molecular flexibility index (Phi) is 5.75. The summed E-state index contributed by atoms with van der Waals surface area (Å²) in [5.41, 5.74) is 3.68. The minimum atomic E-state index is -3.36. The molecule has 1 aromatic heterocycles. The van der Waals surface area contributed by atoms with Crippen LogP contribution in [0.25, 0.3) is 11.4 Å². The normalized spacial score (nSPS) is 11.4. The number of sulfonamides is 1. The van der Waals surface area contributed by atoms with Gasteiger partial charge in [0.15, 0.2) is 5.82 Å². The van der Waals surface area contributed by atoms with Crippen LogP contribution in [0.2, 0.25) is 0 Å². The van der Waals surface area contributed by atoms with Crippen molar-refractivity contribution in [2.45, 2.75) is 19.1 Å². The third kappa shape index (κ3) is 5.21. The first-order valence-corrected chi connectivity index (χ1v) is 10.1. The minimum Gasteiger partial charge on any atom is -0.236 e. The Morgan fingerprint density at radius 2 is 1.65 bits per heavy atom. The van der Waals surface area contributed by atoms with Crippen LogP contribution in [0.1, 0.15) is 16.7 Å². The van der Waals surface area contributed by atoms with Crippen molar-refractivity contribution < 1.29 is 8.42 Å². The van der Waals surface area contributed by atoms with E-state index in [0.717, 1.165) is 22.3 Å². The highest BCUT2D eigenvalue weighted by Crippen LogP contribution is 2.13. The molecule has 0 atom stereocenters. The standard InChI is InChI=1S/C20H21N3O2S/c1-16-6-5-7-17(12-16)15-26(24,25)23-11-10-18-13-21-20(22-14-18)19-8-3-2-4-9-19/h2-9,12-14,23H,10-11,15H2,1H3. The third-order valence-corrected chi connectivity index (χ3v) is 5.27. The van der Waals surface area contributed by atoms with Crippen LogP contribution in [0.4, 0.5) is 0 Å². The molecule has 0 amide bonds. The van der Waals surface area contributed by atoms with Gasteiger partial charge in [-0.25, -0.2) is 23.1 Å². The van der Waals surface area contributed by atoms with Gasteiger partial charge in [-0.05, 0) is 24.5 Å². The van der Waals surface area contributed by atoms with Gasteiger partial charge in [-0.2, -0.15) is 0 Å². The predicted molar refractivity (Wildman–Crippen MR) is 103 cm³/mol. The van der Waals surface area contributed by atoms with E-state index in [-0.39, 0.29) is 5.75 Å². The summed E-state index contributed by atoms with van der Waals surface area (Å²) in [5, 5.41) is 0. The number of hydrogen-bond acceptors (Lipinski definition) is 4. The first-order chi connectivity index (χ1) is 12.5. The van der Waals surface area contributed by atoms with Crippen LogP contribution in [0.15, 0.2) is 67.0 Å². The predicted octanol–water partition coefficient (Wildman–Crippen LogP) is 3.11. The van der Waals surface area contributed by atoms with Crippen LogP contribution in [-0.4, -0.2) is 24.9 Å². The molecule has 0 aliphatic rings. The maximum Gasteiger partial charge on any atom is 0.215 e. The summed E-state index contributed by atoms with van der Waals surface area (Å²) in [7, 11) is -3.36. The van der Waals surface area contributed by atoms with E-state index >= 15 is 0 Å². The number of nitrogens with zero attached hydrogens (tertiary/aromatic N) is 2. The van der Waals surface area contributed by atoms with Gasteiger partial charge in [0, 0.05) is 24.5 Å². The quantitative estimate of drug-likeness (QED) is 0.696. The monoisotopic (exact) mass is 367 g/mol. The average molecular weight is 367 g/mol. The molecule has 1 N–H and O–H groups in total. The molecule has 0 bridgehead atoms. The highest BCUT2D eigenvalue weighted by molar-refractivity contribution is 7.88. The van der Waals surface area contributed by atoms with E-state index in [2.05, 4.69) is 14.7 Å². The second-order valence-corrected chi connectivity index (χ2v) is 7.98. The zero-order valence-electron chi connectivity index (χ0n) is 14.6. The fourth-order valence-corrected chi connectivity index (χ4v) is 3.78. The second kappa shape index (κ2) is 8.21. The summed E-state index contributed by atoms with van der Waals surface area (Å²) in [6.45, 7) is 2.27. The van der Waals surface area contributed by atoms with Gasteiger partial charge in [0.2, 0.25) is 10.0 Å². The van der Waals surface area contributed by atoms with Crippen LogP contribution in [0.5, 0.6) is 0 Å². The molecule has 0 aliphatic heterocycles. The van der Waals surface area contributed by atoms with E-state index < -0.39 is 10.0 Å². The first kappa shape index (κ1) is 18.2. The highest BCUT2D eigenvalue weighted by Gasteiger charge is 2.11. The van der Waals surface area contributed by atoms with E-state index in [4.69, 9.17) is 0 Å². The van der Waals surface area contributed by atoms with E-state index in [1.54, 1.807) is 12.4 Å². The van der Waals surface area contributed by atoms with E-state index in [0.29, 0.717) is 18.8 Å². The maximum absolute atomic E-state index is 12.2. The van der Waals surface area contributed by atoms with Gasteiger partial charge in [0.25, 0.3) is 0 Å². The lowest BCUT2D eigenvalue weighted by Gasteiger charge is -2.08. The van der Waals surface area contributed by atoms with Gasteiger partial charge in [-0.1, -0.05) is 60.2 Å². The molecule has 3 rings (SSSR count). The molecule has 3 aromatic rings. The molecule has 134 valence electrons. The largest absolute Gasteiger partial charge is 0.236 e. The molecule has 0 saturated carbocycles. The zero-order valence-corrected chi connectivity index (χ0v) is 15.4. The molecular formula is C20H21N3O2S. The van der Waals surface area contributed by atoms with Gasteiger partial charge in [-0.3, -0.25) is 0 Å². The Bertz CT molecular complexity index is 956. The average Bonchev–Trinajstić information content (AvgIpc) is 2.62. The van der Waals surface area contributed by atoms with Crippen molar-refractivity contribution in [3.8, 4) is 11.4 Å². The summed E-state index contributed by atoms with van der Waals surface area (Å²) in [5.74, 6) is 0.646. The molecule has 0 spiro atoms. The molecule has 2 aromatic carbocycles. The number of aryl methyl sites for hydroxylation is 1. The summed E-state index contributed by atoms with van der Waals surface area (Å²) >= 11 is 0. The van der Waals surface area contributed by atoms with Crippen molar-refractivity contribution in [1.82, 2.24) is 14.7 Å². The molecule has 0 unspecified atom stereocenters. The molecule has 5 nitrogen and oxygen atoms in total. The lowest BCUT2D eigenvalue weighted by atomic mass is 10.2. The summed E-state index contributed by atoms with van der Waals surface area (Å²) in [6.07, 6.45) is 4.02. The number of hydrogen-bond donors (Lipinski definition) is 1. The number of rotatable bonds is 7. The van der Waals surface area contributed by atoms with Gasteiger partial charge in [-0.15, -0.1) is 0 Å². The highest BCUT2D eigenvalue weighted by atomic mass is 32.2. The molecule has 0 aliphatic carbocycles. The second-order valence-electron chi connectivity index (χ2n) is 6.17. The first-order valence-electron chi connectivity index (χ1n) is 8.41.